The Bertz CT molecular complexity index is 1080. The molecule has 4 nitrogen and oxygen atoms in total. The Morgan fingerprint density at radius 2 is 1.12 bits per heavy atom. The first-order chi connectivity index (χ1) is 16.3. The first-order valence-corrected chi connectivity index (χ1v) is 12.0. The van der Waals surface area contributed by atoms with E-state index >= 15 is 0 Å². The Morgan fingerprint density at radius 1 is 0.647 bits per heavy atom. The number of esters is 2. The zero-order valence-corrected chi connectivity index (χ0v) is 20.7. The second kappa shape index (κ2) is 11.6. The highest BCUT2D eigenvalue weighted by Gasteiger charge is 2.14. The van der Waals surface area contributed by atoms with Crippen LogP contribution in [0.3, 0.4) is 0 Å². The number of ether oxygens (including phenoxy) is 2. The van der Waals surface area contributed by atoms with Crippen LogP contribution in [0.5, 0.6) is 5.75 Å². The van der Waals surface area contributed by atoms with Gasteiger partial charge in [0.1, 0.15) is 5.75 Å². The number of rotatable bonds is 9. The molecular weight excluding hydrogens is 424 g/mol. The average Bonchev–Trinajstić information content (AvgIpc) is 2.88. The lowest BCUT2D eigenvalue weighted by atomic mass is 9.90. The van der Waals surface area contributed by atoms with Gasteiger partial charge < -0.3 is 9.47 Å². The SMILES string of the molecule is CCC(C)OC(=O)c1ccc(C(=O)Oc2ccc(C(C)c3ccc(C(C)CC)cc3)cc2)cc1. The predicted octanol–water partition coefficient (Wildman–Crippen LogP) is 7.53. The Balaban J connectivity index is 1.61. The van der Waals surface area contributed by atoms with Crippen molar-refractivity contribution in [3.63, 3.8) is 0 Å². The van der Waals surface area contributed by atoms with Gasteiger partial charge in [-0.2, -0.15) is 0 Å². The number of benzene rings is 3. The third-order valence-electron chi connectivity index (χ3n) is 6.45. The first kappa shape index (κ1) is 25.2. The molecule has 0 aliphatic rings. The van der Waals surface area contributed by atoms with E-state index in [1.165, 1.54) is 11.1 Å². The van der Waals surface area contributed by atoms with E-state index in [1.54, 1.807) is 24.3 Å². The van der Waals surface area contributed by atoms with Crippen molar-refractivity contribution in [3.05, 3.63) is 101 Å². The summed E-state index contributed by atoms with van der Waals surface area (Å²) >= 11 is 0. The third kappa shape index (κ3) is 6.34. The standard InChI is InChI=1S/C30H34O4/c1-6-20(3)23-8-10-24(11-9-23)22(5)25-16-18-28(19-17-25)34-30(32)27-14-12-26(13-15-27)29(31)33-21(4)7-2/h8-22H,6-7H2,1-5H3. The van der Waals surface area contributed by atoms with E-state index < -0.39 is 11.9 Å². The van der Waals surface area contributed by atoms with Gasteiger partial charge in [-0.3, -0.25) is 0 Å². The van der Waals surface area contributed by atoms with Crippen LogP contribution in [0.2, 0.25) is 0 Å². The predicted molar refractivity (Wildman–Crippen MR) is 136 cm³/mol. The lowest BCUT2D eigenvalue weighted by Gasteiger charge is -2.15. The van der Waals surface area contributed by atoms with Crippen molar-refractivity contribution in [1.82, 2.24) is 0 Å². The lowest BCUT2D eigenvalue weighted by molar-refractivity contribution is 0.0334. The largest absolute Gasteiger partial charge is 0.459 e. The van der Waals surface area contributed by atoms with Crippen molar-refractivity contribution in [2.75, 3.05) is 0 Å². The molecule has 3 aromatic carbocycles. The molecule has 0 radical (unpaired) electrons. The monoisotopic (exact) mass is 458 g/mol. The first-order valence-electron chi connectivity index (χ1n) is 12.0. The molecule has 3 atom stereocenters. The Hall–Kier alpha value is -3.40. The summed E-state index contributed by atoms with van der Waals surface area (Å²) in [4.78, 5) is 24.6. The van der Waals surface area contributed by atoms with Gasteiger partial charge in [0.15, 0.2) is 0 Å². The van der Waals surface area contributed by atoms with Gasteiger partial charge in [0.05, 0.1) is 17.2 Å². The fourth-order valence-corrected chi connectivity index (χ4v) is 3.61. The molecule has 0 aliphatic carbocycles. The van der Waals surface area contributed by atoms with E-state index in [1.807, 2.05) is 38.1 Å². The van der Waals surface area contributed by atoms with E-state index in [2.05, 4.69) is 45.0 Å². The van der Waals surface area contributed by atoms with E-state index in [4.69, 9.17) is 9.47 Å². The summed E-state index contributed by atoms with van der Waals surface area (Å²) < 4.78 is 10.8. The molecule has 0 aliphatic heterocycles. The van der Waals surface area contributed by atoms with Gasteiger partial charge in [-0.05, 0) is 78.8 Å². The van der Waals surface area contributed by atoms with Crippen LogP contribution < -0.4 is 4.74 Å². The minimum absolute atomic E-state index is 0.146. The topological polar surface area (TPSA) is 52.6 Å². The van der Waals surface area contributed by atoms with E-state index in [0.29, 0.717) is 22.8 Å². The van der Waals surface area contributed by atoms with Crippen LogP contribution in [0.15, 0.2) is 72.8 Å². The molecule has 3 aromatic rings. The van der Waals surface area contributed by atoms with Gasteiger partial charge in [-0.25, -0.2) is 9.59 Å². The van der Waals surface area contributed by atoms with Crippen molar-refractivity contribution in [2.24, 2.45) is 0 Å². The molecule has 0 heterocycles. The van der Waals surface area contributed by atoms with Crippen LogP contribution >= 0.6 is 0 Å². The summed E-state index contributed by atoms with van der Waals surface area (Å²) in [7, 11) is 0. The molecule has 0 aromatic heterocycles. The van der Waals surface area contributed by atoms with Crippen molar-refractivity contribution >= 4 is 11.9 Å². The molecule has 0 amide bonds. The highest BCUT2D eigenvalue weighted by atomic mass is 16.5. The molecular formula is C30H34O4. The van der Waals surface area contributed by atoms with Crippen LogP contribution in [-0.4, -0.2) is 18.0 Å². The van der Waals surface area contributed by atoms with Gasteiger partial charge in [-0.15, -0.1) is 0 Å². The third-order valence-corrected chi connectivity index (χ3v) is 6.45. The highest BCUT2D eigenvalue weighted by Crippen LogP contribution is 2.28. The molecule has 3 rings (SSSR count). The smallest absolute Gasteiger partial charge is 0.343 e. The zero-order valence-electron chi connectivity index (χ0n) is 20.7. The van der Waals surface area contributed by atoms with Crippen LogP contribution in [0, 0.1) is 0 Å². The maximum atomic E-state index is 12.5. The van der Waals surface area contributed by atoms with E-state index in [0.717, 1.165) is 18.4 Å². The fourth-order valence-electron chi connectivity index (χ4n) is 3.61. The van der Waals surface area contributed by atoms with Gasteiger partial charge in [0.2, 0.25) is 0 Å². The van der Waals surface area contributed by atoms with Gasteiger partial charge in [0.25, 0.3) is 0 Å². The number of carbonyl (C=O) groups excluding carboxylic acids is 2. The van der Waals surface area contributed by atoms with Crippen LogP contribution in [-0.2, 0) is 4.74 Å². The Labute approximate surface area is 202 Å². The minimum Gasteiger partial charge on any atom is -0.459 e. The molecule has 0 saturated heterocycles. The van der Waals surface area contributed by atoms with Gasteiger partial charge >= 0.3 is 11.9 Å². The summed E-state index contributed by atoms with van der Waals surface area (Å²) in [5, 5.41) is 0. The molecule has 3 unspecified atom stereocenters. The quantitative estimate of drug-likeness (QED) is 0.246. The molecule has 0 fully saturated rings. The average molecular weight is 459 g/mol. The van der Waals surface area contributed by atoms with Gasteiger partial charge in [0, 0.05) is 5.92 Å². The normalized spacial score (nSPS) is 13.6. The lowest BCUT2D eigenvalue weighted by Crippen LogP contribution is -2.14. The van der Waals surface area contributed by atoms with Crippen molar-refractivity contribution in [1.29, 1.82) is 0 Å². The molecule has 0 bridgehead atoms. The summed E-state index contributed by atoms with van der Waals surface area (Å²) in [5.41, 5.74) is 4.55. The molecule has 0 N–H and O–H groups in total. The van der Waals surface area contributed by atoms with Crippen molar-refractivity contribution < 1.29 is 19.1 Å². The number of carbonyl (C=O) groups is 2. The maximum absolute atomic E-state index is 12.5. The van der Waals surface area contributed by atoms with E-state index in [-0.39, 0.29) is 12.0 Å². The zero-order chi connectivity index (χ0) is 24.7. The molecule has 4 heteroatoms. The molecule has 0 spiro atoms. The van der Waals surface area contributed by atoms with Crippen LogP contribution in [0.1, 0.15) is 96.7 Å². The molecule has 34 heavy (non-hydrogen) atoms. The molecule has 0 saturated carbocycles. The number of hydrogen-bond donors (Lipinski definition) is 0. The highest BCUT2D eigenvalue weighted by molar-refractivity contribution is 5.94. The van der Waals surface area contributed by atoms with Crippen LogP contribution in [0.4, 0.5) is 0 Å². The Morgan fingerprint density at radius 3 is 1.62 bits per heavy atom. The van der Waals surface area contributed by atoms with E-state index in [9.17, 15) is 9.59 Å². The van der Waals surface area contributed by atoms with Crippen molar-refractivity contribution in [2.45, 2.75) is 65.4 Å². The van der Waals surface area contributed by atoms with Crippen molar-refractivity contribution in [3.8, 4) is 5.75 Å². The second-order valence-electron chi connectivity index (χ2n) is 8.86. The maximum Gasteiger partial charge on any atom is 0.343 e. The minimum atomic E-state index is -0.469. The summed E-state index contributed by atoms with van der Waals surface area (Å²) in [6.07, 6.45) is 1.73. The fraction of sp³-hybridized carbons (Fsp3) is 0.333. The molecule has 178 valence electrons. The summed E-state index contributed by atoms with van der Waals surface area (Å²) in [6, 6.07) is 22.8. The second-order valence-corrected chi connectivity index (χ2v) is 8.86. The Kier molecular flexibility index (Phi) is 8.64. The van der Waals surface area contributed by atoms with Crippen LogP contribution in [0.25, 0.3) is 0 Å². The van der Waals surface area contributed by atoms with Gasteiger partial charge in [-0.1, -0.05) is 64.1 Å². The summed E-state index contributed by atoms with van der Waals surface area (Å²) in [5.74, 6) is 0.414. The summed E-state index contributed by atoms with van der Waals surface area (Å²) in [6.45, 7) is 10.4. The number of hydrogen-bond acceptors (Lipinski definition) is 4.